The number of hydrogen-bond donors (Lipinski definition) is 1. The molecule has 2 aromatic rings. The van der Waals surface area contributed by atoms with Crippen LogP contribution in [0, 0.1) is 13.8 Å². The number of nitrogens with zero attached hydrogens (tertiary/aromatic N) is 2. The number of carbonyl (C=O) groups excluding carboxylic acids is 1. The van der Waals surface area contributed by atoms with Gasteiger partial charge in [0, 0.05) is 11.9 Å². The summed E-state index contributed by atoms with van der Waals surface area (Å²) in [6.07, 6.45) is 1.59. The number of aryl methyl sites for hydroxylation is 2. The Bertz CT molecular complexity index is 671. The predicted octanol–water partition coefficient (Wildman–Crippen LogP) is 3.30. The van der Waals surface area contributed by atoms with Gasteiger partial charge in [0.25, 0.3) is 0 Å². The lowest BCUT2D eigenvalue weighted by Gasteiger charge is -2.17. The van der Waals surface area contributed by atoms with Crippen molar-refractivity contribution in [2.24, 2.45) is 0 Å². The van der Waals surface area contributed by atoms with Gasteiger partial charge in [-0.1, -0.05) is 6.07 Å². The molecule has 0 aliphatic carbocycles. The summed E-state index contributed by atoms with van der Waals surface area (Å²) < 4.78 is 30.9. The van der Waals surface area contributed by atoms with Crippen molar-refractivity contribution in [3.05, 3.63) is 41.7 Å². The number of aromatic nitrogens is 2. The Hall–Kier alpha value is -2.44. The zero-order valence-electron chi connectivity index (χ0n) is 12.5. The number of amides is 1. The maximum absolute atomic E-state index is 12.5. The van der Waals surface area contributed by atoms with E-state index in [4.69, 9.17) is 0 Å². The fourth-order valence-corrected chi connectivity index (χ4v) is 2.06. The molecular weight excluding hydrogens is 292 g/mol. The molecule has 0 aliphatic heterocycles. The Balaban J connectivity index is 2.19. The number of halogens is 2. The van der Waals surface area contributed by atoms with Gasteiger partial charge in [0.2, 0.25) is 5.91 Å². The van der Waals surface area contributed by atoms with E-state index >= 15 is 0 Å². The molecule has 0 spiro atoms. The summed E-state index contributed by atoms with van der Waals surface area (Å²) in [7, 11) is 0. The van der Waals surface area contributed by atoms with Crippen LogP contribution in [0.1, 0.15) is 24.2 Å². The average molecular weight is 309 g/mol. The SMILES string of the molecule is Cc1ccc(NC(=O)C(C)n2nccc2C)c(OC(F)F)c1. The lowest BCUT2D eigenvalue weighted by molar-refractivity contribution is -0.119. The van der Waals surface area contributed by atoms with Gasteiger partial charge in [-0.3, -0.25) is 9.48 Å². The minimum Gasteiger partial charge on any atom is -0.433 e. The summed E-state index contributed by atoms with van der Waals surface area (Å²) in [4.78, 5) is 12.3. The Morgan fingerprint density at radius 2 is 2.05 bits per heavy atom. The van der Waals surface area contributed by atoms with Crippen molar-refractivity contribution in [1.82, 2.24) is 9.78 Å². The van der Waals surface area contributed by atoms with Crippen LogP contribution >= 0.6 is 0 Å². The molecule has 0 radical (unpaired) electrons. The van der Waals surface area contributed by atoms with Crippen LogP contribution in [-0.2, 0) is 4.79 Å². The van der Waals surface area contributed by atoms with Crippen LogP contribution in [-0.4, -0.2) is 22.3 Å². The summed E-state index contributed by atoms with van der Waals surface area (Å²) in [5, 5.41) is 6.67. The van der Waals surface area contributed by atoms with Crippen LogP contribution in [0.3, 0.4) is 0 Å². The highest BCUT2D eigenvalue weighted by Crippen LogP contribution is 2.28. The Morgan fingerprint density at radius 3 is 2.64 bits per heavy atom. The first kappa shape index (κ1) is 15.9. The van der Waals surface area contributed by atoms with Crippen molar-refractivity contribution in [3.8, 4) is 5.75 Å². The van der Waals surface area contributed by atoms with Crippen molar-refractivity contribution < 1.29 is 18.3 Å². The molecule has 0 aliphatic rings. The maximum atomic E-state index is 12.5. The first-order valence-electron chi connectivity index (χ1n) is 6.75. The molecule has 1 amide bonds. The molecule has 0 fully saturated rings. The molecular formula is C15H17F2N3O2. The van der Waals surface area contributed by atoms with Gasteiger partial charge in [0.05, 0.1) is 5.69 Å². The van der Waals surface area contributed by atoms with Crippen molar-refractivity contribution in [2.45, 2.75) is 33.4 Å². The molecule has 5 nitrogen and oxygen atoms in total. The minimum atomic E-state index is -2.96. The molecule has 0 saturated carbocycles. The van der Waals surface area contributed by atoms with E-state index in [1.54, 1.807) is 36.9 Å². The van der Waals surface area contributed by atoms with E-state index in [-0.39, 0.29) is 17.3 Å². The normalized spacial score (nSPS) is 12.3. The summed E-state index contributed by atoms with van der Waals surface area (Å²) >= 11 is 0. The van der Waals surface area contributed by atoms with Gasteiger partial charge < -0.3 is 10.1 Å². The van der Waals surface area contributed by atoms with Crippen molar-refractivity contribution in [2.75, 3.05) is 5.32 Å². The molecule has 1 N–H and O–H groups in total. The molecule has 1 unspecified atom stereocenters. The standard InChI is InChI=1S/C15H17F2N3O2/c1-9-4-5-12(13(8-9)22-15(16)17)19-14(21)11(3)20-10(2)6-7-18-20/h4-8,11,15H,1-3H3,(H,19,21). The molecule has 7 heteroatoms. The zero-order chi connectivity index (χ0) is 16.3. The maximum Gasteiger partial charge on any atom is 0.387 e. The third-order valence-corrected chi connectivity index (χ3v) is 3.23. The third kappa shape index (κ3) is 3.60. The highest BCUT2D eigenvalue weighted by atomic mass is 19.3. The number of alkyl halides is 2. The first-order chi connectivity index (χ1) is 10.4. The van der Waals surface area contributed by atoms with E-state index < -0.39 is 12.7 Å². The van der Waals surface area contributed by atoms with E-state index in [0.717, 1.165) is 11.3 Å². The van der Waals surface area contributed by atoms with Crippen molar-refractivity contribution in [1.29, 1.82) is 0 Å². The monoisotopic (exact) mass is 309 g/mol. The van der Waals surface area contributed by atoms with E-state index in [9.17, 15) is 13.6 Å². The van der Waals surface area contributed by atoms with Gasteiger partial charge in [-0.25, -0.2) is 0 Å². The fraction of sp³-hybridized carbons (Fsp3) is 0.333. The zero-order valence-corrected chi connectivity index (χ0v) is 12.5. The lowest BCUT2D eigenvalue weighted by Crippen LogP contribution is -2.25. The molecule has 0 saturated heterocycles. The lowest BCUT2D eigenvalue weighted by atomic mass is 10.2. The van der Waals surface area contributed by atoms with Crippen LogP contribution in [0.4, 0.5) is 14.5 Å². The summed E-state index contributed by atoms with van der Waals surface area (Å²) in [6.45, 7) is 2.30. The van der Waals surface area contributed by atoms with E-state index in [1.807, 2.05) is 6.92 Å². The number of hydrogen-bond acceptors (Lipinski definition) is 3. The highest BCUT2D eigenvalue weighted by Gasteiger charge is 2.19. The second-order valence-electron chi connectivity index (χ2n) is 4.96. The van der Waals surface area contributed by atoms with Crippen LogP contribution < -0.4 is 10.1 Å². The fourth-order valence-electron chi connectivity index (χ4n) is 2.06. The van der Waals surface area contributed by atoms with E-state index in [1.165, 1.54) is 12.1 Å². The van der Waals surface area contributed by atoms with Gasteiger partial charge >= 0.3 is 6.61 Å². The summed E-state index contributed by atoms with van der Waals surface area (Å²) in [5.74, 6) is -0.428. The Morgan fingerprint density at radius 1 is 1.32 bits per heavy atom. The molecule has 1 atom stereocenters. The molecule has 1 aromatic heterocycles. The smallest absolute Gasteiger partial charge is 0.387 e. The van der Waals surface area contributed by atoms with Gasteiger partial charge in [-0.2, -0.15) is 13.9 Å². The van der Waals surface area contributed by atoms with Crippen LogP contribution in [0.15, 0.2) is 30.5 Å². The largest absolute Gasteiger partial charge is 0.433 e. The molecule has 22 heavy (non-hydrogen) atoms. The van der Waals surface area contributed by atoms with Crippen molar-refractivity contribution in [3.63, 3.8) is 0 Å². The predicted molar refractivity (Wildman–Crippen MR) is 78.1 cm³/mol. The summed E-state index contributed by atoms with van der Waals surface area (Å²) in [6, 6.07) is 5.90. The Labute approximate surface area is 126 Å². The number of benzene rings is 1. The van der Waals surface area contributed by atoms with Crippen LogP contribution in [0.25, 0.3) is 0 Å². The number of nitrogens with one attached hydrogen (secondary N) is 1. The number of anilines is 1. The van der Waals surface area contributed by atoms with Gasteiger partial charge in [-0.15, -0.1) is 0 Å². The topological polar surface area (TPSA) is 56.2 Å². The number of rotatable bonds is 5. The van der Waals surface area contributed by atoms with E-state index in [0.29, 0.717) is 0 Å². The molecule has 2 rings (SSSR count). The first-order valence-corrected chi connectivity index (χ1v) is 6.75. The Kier molecular flexibility index (Phi) is 4.75. The minimum absolute atomic E-state index is 0.0623. The average Bonchev–Trinajstić information content (AvgIpc) is 2.86. The van der Waals surface area contributed by atoms with Gasteiger partial charge in [0.1, 0.15) is 11.8 Å². The number of ether oxygens (including phenoxy) is 1. The third-order valence-electron chi connectivity index (χ3n) is 3.23. The quantitative estimate of drug-likeness (QED) is 0.922. The van der Waals surface area contributed by atoms with Gasteiger partial charge in [0.15, 0.2) is 0 Å². The van der Waals surface area contributed by atoms with Crippen molar-refractivity contribution >= 4 is 11.6 Å². The molecule has 1 aromatic carbocycles. The summed E-state index contributed by atoms with van der Waals surface area (Å²) in [5.41, 5.74) is 1.78. The number of carbonyl (C=O) groups is 1. The highest BCUT2D eigenvalue weighted by molar-refractivity contribution is 5.94. The van der Waals surface area contributed by atoms with E-state index in [2.05, 4.69) is 15.2 Å². The molecule has 1 heterocycles. The van der Waals surface area contributed by atoms with Crippen LogP contribution in [0.5, 0.6) is 5.75 Å². The second-order valence-corrected chi connectivity index (χ2v) is 4.96. The van der Waals surface area contributed by atoms with Crippen LogP contribution in [0.2, 0.25) is 0 Å². The van der Waals surface area contributed by atoms with Gasteiger partial charge in [-0.05, 0) is 44.5 Å². The molecule has 0 bridgehead atoms. The second kappa shape index (κ2) is 6.55. The molecule has 118 valence electrons.